The third-order valence-corrected chi connectivity index (χ3v) is 2.96. The van der Waals surface area contributed by atoms with Crippen LogP contribution in [0.25, 0.3) is 0 Å². The Morgan fingerprint density at radius 3 is 2.90 bits per heavy atom. The maximum atomic E-state index is 11.8. The maximum Gasteiger partial charge on any atom is 0.251 e. The molecule has 108 valence electrons. The van der Waals surface area contributed by atoms with Gasteiger partial charge < -0.3 is 14.5 Å². The molecule has 1 aromatic carbocycles. The fourth-order valence-electron chi connectivity index (χ4n) is 1.93. The van der Waals surface area contributed by atoms with E-state index in [1.54, 1.807) is 13.2 Å². The molecule has 5 heteroatoms. The average molecular weight is 284 g/mol. The SMILES string of the molecule is COCCOc1cccc(Cc2cc(C#N)c[nH]c2=O)c1. The first-order valence-corrected chi connectivity index (χ1v) is 6.55. The number of nitriles is 1. The Labute approximate surface area is 122 Å². The smallest absolute Gasteiger partial charge is 0.251 e. The predicted molar refractivity (Wildman–Crippen MR) is 78.4 cm³/mol. The summed E-state index contributed by atoms with van der Waals surface area (Å²) in [5, 5.41) is 8.88. The Kier molecular flexibility index (Phi) is 5.13. The molecule has 0 saturated heterocycles. The minimum absolute atomic E-state index is 0.181. The number of ether oxygens (including phenoxy) is 2. The topological polar surface area (TPSA) is 75.1 Å². The van der Waals surface area contributed by atoms with Crippen LogP contribution >= 0.6 is 0 Å². The largest absolute Gasteiger partial charge is 0.491 e. The van der Waals surface area contributed by atoms with Crippen molar-refractivity contribution in [2.45, 2.75) is 6.42 Å². The van der Waals surface area contributed by atoms with Crippen LogP contribution in [0.2, 0.25) is 0 Å². The lowest BCUT2D eigenvalue weighted by atomic mass is 10.1. The molecule has 0 aliphatic carbocycles. The maximum absolute atomic E-state index is 11.8. The lowest BCUT2D eigenvalue weighted by Crippen LogP contribution is -2.12. The highest BCUT2D eigenvalue weighted by molar-refractivity contribution is 5.35. The second kappa shape index (κ2) is 7.27. The van der Waals surface area contributed by atoms with Crippen LogP contribution in [0.3, 0.4) is 0 Å². The summed E-state index contributed by atoms with van der Waals surface area (Å²) in [5.41, 5.74) is 1.77. The second-order valence-corrected chi connectivity index (χ2v) is 4.52. The summed E-state index contributed by atoms with van der Waals surface area (Å²) in [6, 6.07) is 11.2. The van der Waals surface area contributed by atoms with E-state index in [9.17, 15) is 4.79 Å². The van der Waals surface area contributed by atoms with E-state index in [0.29, 0.717) is 30.8 Å². The molecule has 0 bridgehead atoms. The van der Waals surface area contributed by atoms with Gasteiger partial charge in [0.2, 0.25) is 0 Å². The summed E-state index contributed by atoms with van der Waals surface area (Å²) in [7, 11) is 1.62. The summed E-state index contributed by atoms with van der Waals surface area (Å²) in [5.74, 6) is 0.734. The first-order valence-electron chi connectivity index (χ1n) is 6.55. The molecule has 0 radical (unpaired) electrons. The highest BCUT2D eigenvalue weighted by atomic mass is 16.5. The fraction of sp³-hybridized carbons (Fsp3) is 0.250. The van der Waals surface area contributed by atoms with Gasteiger partial charge in [-0.1, -0.05) is 12.1 Å². The quantitative estimate of drug-likeness (QED) is 0.822. The molecule has 0 spiro atoms. The molecule has 21 heavy (non-hydrogen) atoms. The molecule has 0 saturated carbocycles. The Morgan fingerprint density at radius 2 is 2.14 bits per heavy atom. The zero-order chi connectivity index (χ0) is 15.1. The number of nitrogens with zero attached hydrogens (tertiary/aromatic N) is 1. The van der Waals surface area contributed by atoms with E-state index in [0.717, 1.165) is 11.3 Å². The summed E-state index contributed by atoms with van der Waals surface area (Å²) in [6.45, 7) is 0.999. The number of H-pyrrole nitrogens is 1. The first kappa shape index (κ1) is 14.8. The minimum Gasteiger partial charge on any atom is -0.491 e. The lowest BCUT2D eigenvalue weighted by Gasteiger charge is -2.07. The van der Waals surface area contributed by atoms with E-state index in [4.69, 9.17) is 14.7 Å². The van der Waals surface area contributed by atoms with Crippen molar-refractivity contribution in [3.63, 3.8) is 0 Å². The molecule has 0 fully saturated rings. The van der Waals surface area contributed by atoms with Gasteiger partial charge in [0, 0.05) is 25.3 Å². The number of nitrogens with one attached hydrogen (secondary N) is 1. The molecule has 2 rings (SSSR count). The predicted octanol–water partition coefficient (Wildman–Crippen LogP) is 1.86. The van der Waals surface area contributed by atoms with Crippen LogP contribution in [0.1, 0.15) is 16.7 Å². The second-order valence-electron chi connectivity index (χ2n) is 4.52. The number of hydrogen-bond donors (Lipinski definition) is 1. The van der Waals surface area contributed by atoms with Gasteiger partial charge in [0.1, 0.15) is 18.4 Å². The van der Waals surface area contributed by atoms with Crippen LogP contribution in [0.4, 0.5) is 0 Å². The molecule has 1 N–H and O–H groups in total. The van der Waals surface area contributed by atoms with E-state index in [1.807, 2.05) is 30.3 Å². The fourth-order valence-corrected chi connectivity index (χ4v) is 1.93. The van der Waals surface area contributed by atoms with E-state index in [1.165, 1.54) is 6.20 Å². The number of rotatable bonds is 6. The Balaban J connectivity index is 2.14. The van der Waals surface area contributed by atoms with Gasteiger partial charge >= 0.3 is 0 Å². The van der Waals surface area contributed by atoms with E-state index in [-0.39, 0.29) is 5.56 Å². The van der Waals surface area contributed by atoms with Crippen LogP contribution < -0.4 is 10.3 Å². The average Bonchev–Trinajstić information content (AvgIpc) is 2.50. The van der Waals surface area contributed by atoms with Gasteiger partial charge in [-0.2, -0.15) is 5.26 Å². The Morgan fingerprint density at radius 1 is 1.29 bits per heavy atom. The lowest BCUT2D eigenvalue weighted by molar-refractivity contribution is 0.146. The molecule has 0 amide bonds. The van der Waals surface area contributed by atoms with Crippen LogP contribution in [0.5, 0.6) is 5.75 Å². The molecule has 2 aromatic rings. The molecule has 0 unspecified atom stereocenters. The highest BCUT2D eigenvalue weighted by Gasteiger charge is 2.04. The van der Waals surface area contributed by atoms with Crippen molar-refractivity contribution in [2.75, 3.05) is 20.3 Å². The van der Waals surface area contributed by atoms with Gasteiger partial charge in [0.05, 0.1) is 12.2 Å². The van der Waals surface area contributed by atoms with Crippen LogP contribution in [0.15, 0.2) is 41.3 Å². The van der Waals surface area contributed by atoms with Gasteiger partial charge in [0.25, 0.3) is 5.56 Å². The first-order chi connectivity index (χ1) is 10.2. The van der Waals surface area contributed by atoms with Crippen LogP contribution in [-0.2, 0) is 11.2 Å². The molecule has 1 heterocycles. The van der Waals surface area contributed by atoms with Crippen molar-refractivity contribution < 1.29 is 9.47 Å². The number of aromatic nitrogens is 1. The third-order valence-electron chi connectivity index (χ3n) is 2.96. The molecular weight excluding hydrogens is 268 g/mol. The molecule has 5 nitrogen and oxygen atoms in total. The van der Waals surface area contributed by atoms with Gasteiger partial charge in [0.15, 0.2) is 0 Å². The highest BCUT2D eigenvalue weighted by Crippen LogP contribution is 2.15. The van der Waals surface area contributed by atoms with E-state index in [2.05, 4.69) is 4.98 Å². The van der Waals surface area contributed by atoms with Gasteiger partial charge in [-0.05, 0) is 23.8 Å². The Hall–Kier alpha value is -2.58. The number of aromatic amines is 1. The molecule has 1 aromatic heterocycles. The van der Waals surface area contributed by atoms with Crippen molar-refractivity contribution in [1.82, 2.24) is 4.98 Å². The molecule has 0 atom stereocenters. The van der Waals surface area contributed by atoms with Crippen molar-refractivity contribution in [1.29, 1.82) is 5.26 Å². The van der Waals surface area contributed by atoms with Crippen LogP contribution in [0, 0.1) is 11.3 Å². The van der Waals surface area contributed by atoms with E-state index >= 15 is 0 Å². The van der Waals surface area contributed by atoms with Crippen LogP contribution in [-0.4, -0.2) is 25.3 Å². The summed E-state index contributed by atoms with van der Waals surface area (Å²) in [6.07, 6.45) is 1.86. The zero-order valence-corrected chi connectivity index (χ0v) is 11.8. The Bertz CT molecular complexity index is 701. The number of benzene rings is 1. The van der Waals surface area contributed by atoms with Crippen molar-refractivity contribution >= 4 is 0 Å². The zero-order valence-electron chi connectivity index (χ0n) is 11.8. The normalized spacial score (nSPS) is 10.1. The van der Waals surface area contributed by atoms with Crippen molar-refractivity contribution in [3.05, 3.63) is 63.6 Å². The number of hydrogen-bond acceptors (Lipinski definition) is 4. The molecular formula is C16H16N2O3. The molecule has 0 aliphatic heterocycles. The van der Waals surface area contributed by atoms with Crippen molar-refractivity contribution in [2.24, 2.45) is 0 Å². The van der Waals surface area contributed by atoms with Gasteiger partial charge in [-0.3, -0.25) is 4.79 Å². The van der Waals surface area contributed by atoms with Gasteiger partial charge in [-0.15, -0.1) is 0 Å². The number of methoxy groups -OCH3 is 1. The summed E-state index contributed by atoms with van der Waals surface area (Å²) < 4.78 is 10.5. The van der Waals surface area contributed by atoms with E-state index < -0.39 is 0 Å². The monoisotopic (exact) mass is 284 g/mol. The standard InChI is InChI=1S/C16H16N2O3/c1-20-5-6-21-15-4-2-3-12(9-15)7-14-8-13(10-17)11-18-16(14)19/h2-4,8-9,11H,5-7H2,1H3,(H,18,19). The summed E-state index contributed by atoms with van der Waals surface area (Å²) in [4.78, 5) is 14.3. The molecule has 0 aliphatic rings. The van der Waals surface area contributed by atoms with Gasteiger partial charge in [-0.25, -0.2) is 0 Å². The number of pyridine rings is 1. The minimum atomic E-state index is -0.181. The summed E-state index contributed by atoms with van der Waals surface area (Å²) >= 11 is 0. The van der Waals surface area contributed by atoms with Crippen molar-refractivity contribution in [3.8, 4) is 11.8 Å². The third kappa shape index (κ3) is 4.20.